The number of nitrogens with two attached hydrogens (primary N) is 2. The molecule has 1 aliphatic heterocycles. The number of rotatable bonds is 5. The molecule has 2 fully saturated rings. The molecule has 2 aliphatic rings. The van der Waals surface area contributed by atoms with Crippen LogP contribution in [0.15, 0.2) is 0 Å². The standard InChI is InChI=1S/C13H22N4O3/c14-10(7-11(15)18)13(20)17-5-3-9(4-6-17)16-12(19)8-1-2-8/h8-10H,1-7,14H2,(H2,15,18)(H,16,19). The SMILES string of the molecule is NC(=O)CC(N)C(=O)N1CCC(NC(=O)C2CC2)CC1. The van der Waals surface area contributed by atoms with Crippen LogP contribution < -0.4 is 16.8 Å². The van der Waals surface area contributed by atoms with Crippen molar-refractivity contribution >= 4 is 17.7 Å². The maximum absolute atomic E-state index is 12.0. The highest BCUT2D eigenvalue weighted by Crippen LogP contribution is 2.29. The van der Waals surface area contributed by atoms with Gasteiger partial charge in [-0.2, -0.15) is 0 Å². The summed E-state index contributed by atoms with van der Waals surface area (Å²) in [6.45, 7) is 1.11. The van der Waals surface area contributed by atoms with Gasteiger partial charge >= 0.3 is 0 Å². The number of hydrogen-bond donors (Lipinski definition) is 3. The minimum atomic E-state index is -0.856. The lowest BCUT2D eigenvalue weighted by Crippen LogP contribution is -2.51. The first-order valence-corrected chi connectivity index (χ1v) is 7.10. The fourth-order valence-corrected chi connectivity index (χ4v) is 2.45. The molecule has 1 saturated carbocycles. The summed E-state index contributed by atoms with van der Waals surface area (Å²) in [5, 5.41) is 3.02. The zero-order chi connectivity index (χ0) is 14.7. The van der Waals surface area contributed by atoms with Gasteiger partial charge in [-0.15, -0.1) is 0 Å². The summed E-state index contributed by atoms with van der Waals surface area (Å²) in [6, 6.07) is -0.718. The van der Waals surface area contributed by atoms with E-state index in [1.165, 1.54) is 0 Å². The Balaban J connectivity index is 1.74. The summed E-state index contributed by atoms with van der Waals surface area (Å²) in [6.07, 6.45) is 3.31. The van der Waals surface area contributed by atoms with Crippen LogP contribution in [0.1, 0.15) is 32.1 Å². The average Bonchev–Trinajstić information content (AvgIpc) is 3.22. The zero-order valence-corrected chi connectivity index (χ0v) is 11.5. The minimum Gasteiger partial charge on any atom is -0.370 e. The van der Waals surface area contributed by atoms with Crippen LogP contribution in [0.3, 0.4) is 0 Å². The van der Waals surface area contributed by atoms with Crippen LogP contribution >= 0.6 is 0 Å². The third-order valence-electron chi connectivity index (χ3n) is 3.84. The minimum absolute atomic E-state index is 0.128. The summed E-state index contributed by atoms with van der Waals surface area (Å²) in [7, 11) is 0. The Morgan fingerprint density at radius 3 is 2.25 bits per heavy atom. The Morgan fingerprint density at radius 2 is 1.75 bits per heavy atom. The predicted octanol–water partition coefficient (Wildman–Crippen LogP) is -1.29. The van der Waals surface area contributed by atoms with Gasteiger partial charge in [0.1, 0.15) is 0 Å². The molecular weight excluding hydrogens is 260 g/mol. The summed E-state index contributed by atoms with van der Waals surface area (Å²) in [4.78, 5) is 36.1. The average molecular weight is 282 g/mol. The normalized spacial score (nSPS) is 21.4. The van der Waals surface area contributed by atoms with Crippen molar-refractivity contribution in [2.24, 2.45) is 17.4 Å². The maximum atomic E-state index is 12.0. The fraction of sp³-hybridized carbons (Fsp3) is 0.769. The second-order valence-electron chi connectivity index (χ2n) is 5.66. The Labute approximate surface area is 118 Å². The van der Waals surface area contributed by atoms with Gasteiger partial charge in [0, 0.05) is 25.0 Å². The molecule has 0 aromatic rings. The van der Waals surface area contributed by atoms with E-state index < -0.39 is 11.9 Å². The van der Waals surface area contributed by atoms with Crippen molar-refractivity contribution in [2.75, 3.05) is 13.1 Å². The molecule has 1 saturated heterocycles. The van der Waals surface area contributed by atoms with Gasteiger partial charge in [0.25, 0.3) is 0 Å². The van der Waals surface area contributed by atoms with Crippen LogP contribution in [0.4, 0.5) is 0 Å². The highest BCUT2D eigenvalue weighted by Gasteiger charge is 2.32. The fourth-order valence-electron chi connectivity index (χ4n) is 2.45. The summed E-state index contributed by atoms with van der Waals surface area (Å²) in [5.74, 6) is -0.466. The number of primary amides is 1. The van der Waals surface area contributed by atoms with Crippen LogP contribution in [-0.4, -0.2) is 47.8 Å². The van der Waals surface area contributed by atoms with Crippen LogP contribution in [0.5, 0.6) is 0 Å². The topological polar surface area (TPSA) is 119 Å². The molecule has 5 N–H and O–H groups in total. The number of nitrogens with one attached hydrogen (secondary N) is 1. The molecule has 1 aliphatic carbocycles. The van der Waals surface area contributed by atoms with Gasteiger partial charge in [0.2, 0.25) is 17.7 Å². The predicted molar refractivity (Wildman–Crippen MR) is 72.3 cm³/mol. The van der Waals surface area contributed by atoms with E-state index in [2.05, 4.69) is 5.32 Å². The lowest BCUT2D eigenvalue weighted by Gasteiger charge is -2.33. The number of piperidine rings is 1. The quantitative estimate of drug-likeness (QED) is 0.581. The van der Waals surface area contributed by atoms with Crippen LogP contribution in [-0.2, 0) is 14.4 Å². The maximum Gasteiger partial charge on any atom is 0.240 e. The molecule has 1 atom stereocenters. The highest BCUT2D eigenvalue weighted by atomic mass is 16.2. The first kappa shape index (κ1) is 14.8. The van der Waals surface area contributed by atoms with Gasteiger partial charge < -0.3 is 21.7 Å². The third-order valence-corrected chi connectivity index (χ3v) is 3.84. The highest BCUT2D eigenvalue weighted by molar-refractivity contribution is 5.87. The van der Waals surface area contributed by atoms with Gasteiger partial charge in [0.05, 0.1) is 12.5 Å². The number of hydrogen-bond acceptors (Lipinski definition) is 4. The number of carbonyl (C=O) groups is 3. The summed E-state index contributed by atoms with van der Waals surface area (Å²) in [5.41, 5.74) is 10.7. The van der Waals surface area contributed by atoms with Crippen molar-refractivity contribution < 1.29 is 14.4 Å². The largest absolute Gasteiger partial charge is 0.370 e. The number of likely N-dealkylation sites (tertiary alicyclic amines) is 1. The Morgan fingerprint density at radius 1 is 1.15 bits per heavy atom. The van der Waals surface area contributed by atoms with Gasteiger partial charge in [-0.25, -0.2) is 0 Å². The summed E-state index contributed by atoms with van der Waals surface area (Å²) < 4.78 is 0. The number of amides is 3. The number of carbonyl (C=O) groups excluding carboxylic acids is 3. The second-order valence-corrected chi connectivity index (χ2v) is 5.66. The van der Waals surface area contributed by atoms with Gasteiger partial charge in [-0.3, -0.25) is 14.4 Å². The Hall–Kier alpha value is -1.63. The molecule has 0 bridgehead atoms. The zero-order valence-electron chi connectivity index (χ0n) is 11.5. The molecule has 0 aromatic carbocycles. The monoisotopic (exact) mass is 282 g/mol. The Bertz CT molecular complexity index is 400. The third kappa shape index (κ3) is 3.93. The van der Waals surface area contributed by atoms with E-state index in [-0.39, 0.29) is 30.2 Å². The molecule has 20 heavy (non-hydrogen) atoms. The van der Waals surface area contributed by atoms with E-state index in [1.54, 1.807) is 4.90 Å². The molecule has 112 valence electrons. The first-order valence-electron chi connectivity index (χ1n) is 7.10. The lowest BCUT2D eigenvalue weighted by molar-refractivity contribution is -0.135. The van der Waals surface area contributed by atoms with Crippen molar-refractivity contribution in [1.82, 2.24) is 10.2 Å². The molecule has 7 heteroatoms. The molecule has 7 nitrogen and oxygen atoms in total. The smallest absolute Gasteiger partial charge is 0.240 e. The van der Waals surface area contributed by atoms with Crippen LogP contribution in [0.25, 0.3) is 0 Å². The first-order chi connectivity index (χ1) is 9.47. The van der Waals surface area contributed by atoms with E-state index in [0.29, 0.717) is 13.1 Å². The number of nitrogens with zero attached hydrogens (tertiary/aromatic N) is 1. The van der Waals surface area contributed by atoms with Crippen LogP contribution in [0.2, 0.25) is 0 Å². The molecule has 0 aromatic heterocycles. The van der Waals surface area contributed by atoms with Gasteiger partial charge in [-0.1, -0.05) is 0 Å². The Kier molecular flexibility index (Phi) is 4.59. The van der Waals surface area contributed by atoms with Crippen molar-refractivity contribution in [2.45, 2.75) is 44.2 Å². The van der Waals surface area contributed by atoms with Crippen molar-refractivity contribution in [3.8, 4) is 0 Å². The van der Waals surface area contributed by atoms with Gasteiger partial charge in [0.15, 0.2) is 0 Å². The lowest BCUT2D eigenvalue weighted by atomic mass is 10.0. The van der Waals surface area contributed by atoms with E-state index in [0.717, 1.165) is 25.7 Å². The second kappa shape index (κ2) is 6.21. The van der Waals surface area contributed by atoms with Crippen LogP contribution in [0, 0.1) is 5.92 Å². The molecular formula is C13H22N4O3. The van der Waals surface area contributed by atoms with Crippen molar-refractivity contribution in [3.05, 3.63) is 0 Å². The molecule has 1 unspecified atom stereocenters. The van der Waals surface area contributed by atoms with E-state index in [1.807, 2.05) is 0 Å². The van der Waals surface area contributed by atoms with Crippen molar-refractivity contribution in [3.63, 3.8) is 0 Å². The molecule has 3 amide bonds. The molecule has 2 rings (SSSR count). The molecule has 0 spiro atoms. The molecule has 1 heterocycles. The van der Waals surface area contributed by atoms with Gasteiger partial charge in [-0.05, 0) is 25.7 Å². The van der Waals surface area contributed by atoms with E-state index in [9.17, 15) is 14.4 Å². The van der Waals surface area contributed by atoms with Crippen molar-refractivity contribution in [1.29, 1.82) is 0 Å². The summed E-state index contributed by atoms with van der Waals surface area (Å²) >= 11 is 0. The molecule has 0 radical (unpaired) electrons. The van der Waals surface area contributed by atoms with E-state index in [4.69, 9.17) is 11.5 Å². The van der Waals surface area contributed by atoms with E-state index >= 15 is 0 Å².